The maximum atomic E-state index is 9.41. The molecular weight excluding hydrogens is 184 g/mol. The minimum absolute atomic E-state index is 0.267. The smallest absolute Gasteiger partial charge is 0.107 e. The third kappa shape index (κ3) is 3.21. The summed E-state index contributed by atoms with van der Waals surface area (Å²) in [6, 6.07) is 2.97. The minimum atomic E-state index is -0.267. The van der Waals surface area contributed by atoms with Gasteiger partial charge in [0.1, 0.15) is 5.54 Å². The lowest BCUT2D eigenvalue weighted by Gasteiger charge is -2.42. The highest BCUT2D eigenvalue weighted by Crippen LogP contribution is 2.40. The van der Waals surface area contributed by atoms with E-state index < -0.39 is 0 Å². The molecular formula is C13H24N2. The van der Waals surface area contributed by atoms with Gasteiger partial charge in [-0.25, -0.2) is 0 Å². The van der Waals surface area contributed by atoms with E-state index in [9.17, 15) is 5.26 Å². The van der Waals surface area contributed by atoms with Crippen molar-refractivity contribution in [2.24, 2.45) is 5.41 Å². The van der Waals surface area contributed by atoms with E-state index in [1.54, 1.807) is 0 Å². The van der Waals surface area contributed by atoms with E-state index in [1.165, 1.54) is 12.8 Å². The summed E-state index contributed by atoms with van der Waals surface area (Å²) in [5, 5.41) is 12.9. The highest BCUT2D eigenvalue weighted by molar-refractivity contribution is 5.12. The van der Waals surface area contributed by atoms with Gasteiger partial charge in [0.15, 0.2) is 0 Å². The minimum Gasteiger partial charge on any atom is -0.297 e. The number of nitriles is 1. The lowest BCUT2D eigenvalue weighted by atomic mass is 9.68. The lowest BCUT2D eigenvalue weighted by molar-refractivity contribution is 0.148. The van der Waals surface area contributed by atoms with Gasteiger partial charge in [-0.1, -0.05) is 27.2 Å². The second kappa shape index (κ2) is 4.53. The predicted molar refractivity (Wildman–Crippen MR) is 63.5 cm³/mol. The summed E-state index contributed by atoms with van der Waals surface area (Å²) in [5.41, 5.74) is 0.0472. The lowest BCUT2D eigenvalue weighted by Crippen LogP contribution is -2.52. The Labute approximate surface area is 94.1 Å². The molecule has 2 heteroatoms. The second-order valence-electron chi connectivity index (χ2n) is 5.84. The summed E-state index contributed by atoms with van der Waals surface area (Å²) < 4.78 is 0. The fraction of sp³-hybridized carbons (Fsp3) is 0.923. The summed E-state index contributed by atoms with van der Waals surface area (Å²) in [6.45, 7) is 8.88. The molecule has 2 atom stereocenters. The van der Waals surface area contributed by atoms with Crippen molar-refractivity contribution in [2.45, 2.75) is 71.4 Å². The molecule has 86 valence electrons. The van der Waals surface area contributed by atoms with Gasteiger partial charge in [0, 0.05) is 6.04 Å². The largest absolute Gasteiger partial charge is 0.297 e. The van der Waals surface area contributed by atoms with Crippen molar-refractivity contribution in [2.75, 3.05) is 0 Å². The van der Waals surface area contributed by atoms with Crippen molar-refractivity contribution in [3.8, 4) is 6.07 Å². The number of nitrogens with zero attached hydrogens (tertiary/aromatic N) is 1. The van der Waals surface area contributed by atoms with E-state index in [1.807, 2.05) is 0 Å². The van der Waals surface area contributed by atoms with Crippen LogP contribution in [0, 0.1) is 16.7 Å². The maximum absolute atomic E-state index is 9.41. The summed E-state index contributed by atoms with van der Waals surface area (Å²) in [4.78, 5) is 0. The molecule has 1 N–H and O–H groups in total. The second-order valence-corrected chi connectivity index (χ2v) is 5.84. The maximum Gasteiger partial charge on any atom is 0.107 e. The molecule has 1 aliphatic carbocycles. The predicted octanol–water partition coefficient (Wildman–Crippen LogP) is 3.24. The highest BCUT2D eigenvalue weighted by atomic mass is 15.0. The summed E-state index contributed by atoms with van der Waals surface area (Å²) in [7, 11) is 0. The van der Waals surface area contributed by atoms with Gasteiger partial charge in [-0.3, -0.25) is 5.32 Å². The monoisotopic (exact) mass is 208 g/mol. The molecule has 1 fully saturated rings. The Morgan fingerprint density at radius 1 is 1.40 bits per heavy atom. The first-order valence-corrected chi connectivity index (χ1v) is 6.12. The molecule has 0 aromatic rings. The van der Waals surface area contributed by atoms with Gasteiger partial charge < -0.3 is 0 Å². The molecule has 0 amide bonds. The van der Waals surface area contributed by atoms with E-state index in [4.69, 9.17) is 0 Å². The molecule has 0 aliphatic heterocycles. The van der Waals surface area contributed by atoms with Crippen LogP contribution in [0.1, 0.15) is 59.8 Å². The van der Waals surface area contributed by atoms with E-state index in [2.05, 4.69) is 39.1 Å². The first-order valence-electron chi connectivity index (χ1n) is 6.12. The molecule has 1 rings (SSSR count). The van der Waals surface area contributed by atoms with Crippen molar-refractivity contribution in [1.29, 1.82) is 5.26 Å². The van der Waals surface area contributed by atoms with Gasteiger partial charge in [0.2, 0.25) is 0 Å². The molecule has 1 aliphatic rings. The van der Waals surface area contributed by atoms with Crippen molar-refractivity contribution in [3.05, 3.63) is 0 Å². The molecule has 0 heterocycles. The van der Waals surface area contributed by atoms with E-state index in [-0.39, 0.29) is 5.54 Å². The third-order valence-corrected chi connectivity index (χ3v) is 3.59. The first kappa shape index (κ1) is 12.5. The van der Waals surface area contributed by atoms with Crippen LogP contribution < -0.4 is 5.32 Å². The van der Waals surface area contributed by atoms with Crippen LogP contribution in [-0.2, 0) is 0 Å². The van der Waals surface area contributed by atoms with Crippen molar-refractivity contribution in [1.82, 2.24) is 5.32 Å². The van der Waals surface area contributed by atoms with Crippen LogP contribution in [0.4, 0.5) is 0 Å². The zero-order valence-corrected chi connectivity index (χ0v) is 10.6. The Balaban J connectivity index is 2.72. The molecule has 15 heavy (non-hydrogen) atoms. The molecule has 0 aromatic heterocycles. The van der Waals surface area contributed by atoms with Crippen LogP contribution in [0.25, 0.3) is 0 Å². The molecule has 2 unspecified atom stereocenters. The third-order valence-electron chi connectivity index (χ3n) is 3.59. The quantitative estimate of drug-likeness (QED) is 0.773. The van der Waals surface area contributed by atoms with Crippen LogP contribution in [0.2, 0.25) is 0 Å². The van der Waals surface area contributed by atoms with Gasteiger partial charge in [0.05, 0.1) is 6.07 Å². The van der Waals surface area contributed by atoms with Crippen LogP contribution in [0.5, 0.6) is 0 Å². The molecule has 0 radical (unpaired) electrons. The Bertz CT molecular complexity index is 252. The summed E-state index contributed by atoms with van der Waals surface area (Å²) >= 11 is 0. The standard InChI is InChI=1S/C13H24N2/c1-5-11(2)15-13(10-14)8-6-7-12(3,4)9-13/h11,15H,5-9H2,1-4H3. The van der Waals surface area contributed by atoms with Crippen molar-refractivity contribution < 1.29 is 0 Å². The highest BCUT2D eigenvalue weighted by Gasteiger charge is 2.40. The number of rotatable bonds is 3. The van der Waals surface area contributed by atoms with Gasteiger partial charge in [-0.15, -0.1) is 0 Å². The van der Waals surface area contributed by atoms with Crippen LogP contribution in [0.15, 0.2) is 0 Å². The van der Waals surface area contributed by atoms with Gasteiger partial charge in [0.25, 0.3) is 0 Å². The number of hydrogen-bond acceptors (Lipinski definition) is 2. The average Bonchev–Trinajstić information content (AvgIpc) is 2.16. The van der Waals surface area contributed by atoms with E-state index in [0.29, 0.717) is 11.5 Å². The topological polar surface area (TPSA) is 35.8 Å². The van der Waals surface area contributed by atoms with Crippen LogP contribution >= 0.6 is 0 Å². The normalized spacial score (nSPS) is 31.9. The fourth-order valence-electron chi connectivity index (χ4n) is 2.69. The zero-order chi connectivity index (χ0) is 11.5. The average molecular weight is 208 g/mol. The van der Waals surface area contributed by atoms with Crippen molar-refractivity contribution >= 4 is 0 Å². The van der Waals surface area contributed by atoms with E-state index in [0.717, 1.165) is 19.3 Å². The Morgan fingerprint density at radius 3 is 2.53 bits per heavy atom. The molecule has 0 spiro atoms. The summed E-state index contributed by atoms with van der Waals surface area (Å²) in [5.74, 6) is 0. The molecule has 0 aromatic carbocycles. The zero-order valence-electron chi connectivity index (χ0n) is 10.6. The number of hydrogen-bond donors (Lipinski definition) is 1. The molecule has 1 saturated carbocycles. The van der Waals surface area contributed by atoms with Gasteiger partial charge in [-0.05, 0) is 38.0 Å². The van der Waals surface area contributed by atoms with Gasteiger partial charge >= 0.3 is 0 Å². The van der Waals surface area contributed by atoms with Crippen molar-refractivity contribution in [3.63, 3.8) is 0 Å². The molecule has 2 nitrogen and oxygen atoms in total. The SMILES string of the molecule is CCC(C)NC1(C#N)CCCC(C)(C)C1. The Hall–Kier alpha value is -0.550. The molecule has 0 saturated heterocycles. The van der Waals surface area contributed by atoms with Gasteiger partial charge in [-0.2, -0.15) is 5.26 Å². The number of nitrogens with one attached hydrogen (secondary N) is 1. The van der Waals surface area contributed by atoms with Crippen LogP contribution in [0.3, 0.4) is 0 Å². The van der Waals surface area contributed by atoms with E-state index >= 15 is 0 Å². The van der Waals surface area contributed by atoms with Crippen LogP contribution in [-0.4, -0.2) is 11.6 Å². The Kier molecular flexibility index (Phi) is 3.78. The first-order chi connectivity index (χ1) is 6.93. The fourth-order valence-corrected chi connectivity index (χ4v) is 2.69. The summed E-state index contributed by atoms with van der Waals surface area (Å²) in [6.07, 6.45) is 5.50. The Morgan fingerprint density at radius 2 is 2.07 bits per heavy atom. The molecule has 0 bridgehead atoms.